The molecule has 2 aromatic carbocycles. The maximum Gasteiger partial charge on any atom is 0.274 e. The molecule has 0 saturated carbocycles. The minimum Gasteiger partial charge on any atom is -0.267 e. The van der Waals surface area contributed by atoms with E-state index in [1.807, 2.05) is 6.92 Å². The van der Waals surface area contributed by atoms with Gasteiger partial charge in [-0.3, -0.25) is 4.79 Å². The largest absolute Gasteiger partial charge is 0.274 e. The van der Waals surface area contributed by atoms with Crippen molar-refractivity contribution in [2.75, 3.05) is 0 Å². The summed E-state index contributed by atoms with van der Waals surface area (Å²) in [5, 5.41) is 5.50. The second-order valence-electron chi connectivity index (χ2n) is 5.05. The third-order valence-electron chi connectivity index (χ3n) is 3.50. The predicted molar refractivity (Wildman–Crippen MR) is 81.6 cm³/mol. The lowest BCUT2D eigenvalue weighted by Gasteiger charge is -2.10. The summed E-state index contributed by atoms with van der Waals surface area (Å²) in [5.41, 5.74) is 0.742. The van der Waals surface area contributed by atoms with Gasteiger partial charge in [-0.15, -0.1) is 0 Å². The van der Waals surface area contributed by atoms with Crippen molar-refractivity contribution in [2.45, 2.75) is 19.9 Å². The summed E-state index contributed by atoms with van der Waals surface area (Å²) >= 11 is 0. The molecular weight excluding hydrogens is 286 g/mol. The van der Waals surface area contributed by atoms with E-state index in [-0.39, 0.29) is 5.56 Å². The number of halogens is 2. The van der Waals surface area contributed by atoms with Gasteiger partial charge in [-0.25, -0.2) is 13.5 Å². The molecule has 3 aromatic rings. The summed E-state index contributed by atoms with van der Waals surface area (Å²) in [4.78, 5) is 12.4. The lowest BCUT2D eigenvalue weighted by molar-refractivity contribution is 0.509. The Kier molecular flexibility index (Phi) is 3.71. The third kappa shape index (κ3) is 2.39. The highest BCUT2D eigenvalue weighted by molar-refractivity contribution is 5.93. The number of fused-ring (bicyclic) bond motifs is 1. The number of nitrogens with zero attached hydrogens (tertiary/aromatic N) is 2. The Labute approximate surface area is 125 Å². The molecule has 0 saturated heterocycles. The molecule has 3 nitrogen and oxygen atoms in total. The summed E-state index contributed by atoms with van der Waals surface area (Å²) in [6.45, 7) is 2.42. The maximum atomic E-state index is 13.5. The molecule has 0 amide bonds. The quantitative estimate of drug-likeness (QED) is 0.738. The second kappa shape index (κ2) is 5.67. The molecule has 112 valence electrons. The van der Waals surface area contributed by atoms with E-state index in [2.05, 4.69) is 5.10 Å². The number of rotatable bonds is 3. The van der Waals surface area contributed by atoms with Crippen molar-refractivity contribution in [3.8, 4) is 11.3 Å². The van der Waals surface area contributed by atoms with Gasteiger partial charge in [0.1, 0.15) is 0 Å². The average Bonchev–Trinajstić information content (AvgIpc) is 2.53. The molecule has 0 aliphatic heterocycles. The van der Waals surface area contributed by atoms with Crippen molar-refractivity contribution in [2.24, 2.45) is 0 Å². The van der Waals surface area contributed by atoms with E-state index >= 15 is 0 Å². The van der Waals surface area contributed by atoms with Gasteiger partial charge in [-0.05, 0) is 30.7 Å². The topological polar surface area (TPSA) is 34.9 Å². The van der Waals surface area contributed by atoms with E-state index in [4.69, 9.17) is 0 Å². The van der Waals surface area contributed by atoms with Crippen LogP contribution in [0.25, 0.3) is 22.0 Å². The minimum absolute atomic E-state index is 0.177. The van der Waals surface area contributed by atoms with Gasteiger partial charge in [-0.2, -0.15) is 5.10 Å². The van der Waals surface area contributed by atoms with Crippen LogP contribution in [-0.2, 0) is 6.54 Å². The second-order valence-corrected chi connectivity index (χ2v) is 5.05. The van der Waals surface area contributed by atoms with E-state index in [9.17, 15) is 13.6 Å². The van der Waals surface area contributed by atoms with Crippen LogP contribution in [0.5, 0.6) is 0 Å². The Hall–Kier alpha value is -2.56. The molecule has 22 heavy (non-hydrogen) atoms. The van der Waals surface area contributed by atoms with E-state index in [0.717, 1.165) is 18.6 Å². The first kappa shape index (κ1) is 14.4. The van der Waals surface area contributed by atoms with E-state index < -0.39 is 11.6 Å². The molecule has 0 atom stereocenters. The zero-order valence-corrected chi connectivity index (χ0v) is 12.0. The lowest BCUT2D eigenvalue weighted by atomic mass is 10.0. The molecule has 0 bridgehead atoms. The average molecular weight is 300 g/mol. The molecular formula is C17H14F2N2O. The van der Waals surface area contributed by atoms with Gasteiger partial charge in [0.05, 0.1) is 11.1 Å². The highest BCUT2D eigenvalue weighted by atomic mass is 19.2. The first-order valence-corrected chi connectivity index (χ1v) is 7.07. The molecule has 5 heteroatoms. The summed E-state index contributed by atoms with van der Waals surface area (Å²) < 4.78 is 28.0. The van der Waals surface area contributed by atoms with Crippen LogP contribution in [0.2, 0.25) is 0 Å². The number of aromatic nitrogens is 2. The number of hydrogen-bond acceptors (Lipinski definition) is 2. The van der Waals surface area contributed by atoms with Crippen LogP contribution in [0.3, 0.4) is 0 Å². The van der Waals surface area contributed by atoms with Crippen LogP contribution in [0.15, 0.2) is 47.3 Å². The van der Waals surface area contributed by atoms with Crippen LogP contribution in [-0.4, -0.2) is 9.78 Å². The highest BCUT2D eigenvalue weighted by Crippen LogP contribution is 2.25. The normalized spacial score (nSPS) is 11.0. The zero-order valence-electron chi connectivity index (χ0n) is 12.0. The van der Waals surface area contributed by atoms with Crippen LogP contribution in [0.4, 0.5) is 8.78 Å². The molecule has 0 aliphatic rings. The molecule has 0 fully saturated rings. The highest BCUT2D eigenvalue weighted by Gasteiger charge is 2.13. The molecule has 3 rings (SSSR count). The van der Waals surface area contributed by atoms with Crippen molar-refractivity contribution >= 4 is 10.8 Å². The lowest BCUT2D eigenvalue weighted by Crippen LogP contribution is -2.23. The van der Waals surface area contributed by atoms with Gasteiger partial charge in [0.25, 0.3) is 5.56 Å². The van der Waals surface area contributed by atoms with Crippen molar-refractivity contribution in [1.82, 2.24) is 9.78 Å². The van der Waals surface area contributed by atoms with Crippen molar-refractivity contribution in [3.63, 3.8) is 0 Å². The van der Waals surface area contributed by atoms with E-state index in [1.165, 1.54) is 10.7 Å². The van der Waals surface area contributed by atoms with Crippen LogP contribution >= 0.6 is 0 Å². The number of hydrogen-bond donors (Lipinski definition) is 0. The fraction of sp³-hybridized carbons (Fsp3) is 0.176. The zero-order chi connectivity index (χ0) is 15.7. The van der Waals surface area contributed by atoms with Crippen LogP contribution in [0, 0.1) is 11.6 Å². The van der Waals surface area contributed by atoms with E-state index in [0.29, 0.717) is 28.6 Å². The fourth-order valence-electron chi connectivity index (χ4n) is 2.46. The Morgan fingerprint density at radius 2 is 1.77 bits per heavy atom. The van der Waals surface area contributed by atoms with Crippen molar-refractivity contribution < 1.29 is 8.78 Å². The standard InChI is InChI=1S/C17H14F2N2O/c1-2-9-21-17(22)13-6-4-3-5-12(13)16(20-21)11-7-8-14(18)15(19)10-11/h3-8,10H,2,9H2,1H3. The van der Waals surface area contributed by atoms with Crippen LogP contribution < -0.4 is 5.56 Å². The van der Waals surface area contributed by atoms with Gasteiger partial charge in [0.2, 0.25) is 0 Å². The first-order chi connectivity index (χ1) is 10.6. The predicted octanol–water partition coefficient (Wildman–Crippen LogP) is 3.75. The van der Waals surface area contributed by atoms with Crippen LogP contribution in [0.1, 0.15) is 13.3 Å². The molecule has 0 unspecified atom stereocenters. The summed E-state index contributed by atoms with van der Waals surface area (Å²) in [7, 11) is 0. The Balaban J connectivity index is 2.34. The van der Waals surface area contributed by atoms with Crippen molar-refractivity contribution in [1.29, 1.82) is 0 Å². The Morgan fingerprint density at radius 1 is 1.05 bits per heavy atom. The molecule has 0 aliphatic carbocycles. The summed E-state index contributed by atoms with van der Waals surface area (Å²) in [6.07, 6.45) is 0.752. The maximum absolute atomic E-state index is 13.5. The molecule has 1 heterocycles. The molecule has 0 spiro atoms. The summed E-state index contributed by atoms with van der Waals surface area (Å²) in [5.74, 6) is -1.84. The fourth-order valence-corrected chi connectivity index (χ4v) is 2.46. The van der Waals surface area contributed by atoms with E-state index in [1.54, 1.807) is 24.3 Å². The Morgan fingerprint density at radius 3 is 2.45 bits per heavy atom. The smallest absolute Gasteiger partial charge is 0.267 e. The van der Waals surface area contributed by atoms with Gasteiger partial charge in [-0.1, -0.05) is 25.1 Å². The summed E-state index contributed by atoms with van der Waals surface area (Å²) in [6, 6.07) is 10.7. The van der Waals surface area contributed by atoms with Gasteiger partial charge >= 0.3 is 0 Å². The third-order valence-corrected chi connectivity index (χ3v) is 3.50. The molecule has 1 aromatic heterocycles. The number of benzene rings is 2. The minimum atomic E-state index is -0.934. The SMILES string of the molecule is CCCn1nc(-c2ccc(F)c(F)c2)c2ccccc2c1=O. The van der Waals surface area contributed by atoms with Gasteiger partial charge < -0.3 is 0 Å². The van der Waals surface area contributed by atoms with Crippen molar-refractivity contribution in [3.05, 3.63) is 64.5 Å². The molecule has 0 radical (unpaired) electrons. The monoisotopic (exact) mass is 300 g/mol. The van der Waals surface area contributed by atoms with Gasteiger partial charge in [0, 0.05) is 17.5 Å². The van der Waals surface area contributed by atoms with Gasteiger partial charge in [0.15, 0.2) is 11.6 Å². The first-order valence-electron chi connectivity index (χ1n) is 7.07. The molecule has 0 N–H and O–H groups in total. The number of aryl methyl sites for hydroxylation is 1. The Bertz CT molecular complexity index is 903.